The number of nitrogens with zero attached hydrogens (tertiary/aromatic N) is 4. The molecule has 1 aromatic carbocycles. The summed E-state index contributed by atoms with van der Waals surface area (Å²) in [5.74, 6) is 0.737. The number of fused-ring (bicyclic) bond motifs is 1. The molecule has 0 atom stereocenters. The third-order valence-electron chi connectivity index (χ3n) is 4.52. The molecule has 0 bridgehead atoms. The minimum Gasteiger partial charge on any atom is -0.494 e. The molecular formula is C21H24F6N5O2PS. The van der Waals surface area contributed by atoms with Crippen LogP contribution in [0.25, 0.3) is 11.2 Å². The fourth-order valence-electron chi connectivity index (χ4n) is 3.12. The molecule has 198 valence electrons. The van der Waals surface area contributed by atoms with Crippen LogP contribution in [0.3, 0.4) is 0 Å². The van der Waals surface area contributed by atoms with Gasteiger partial charge in [-0.1, -0.05) is 26.6 Å². The van der Waals surface area contributed by atoms with E-state index < -0.39 is 38.9 Å². The molecule has 0 aliphatic carbocycles. The first-order valence-electron chi connectivity index (χ1n) is 10.8. The highest BCUT2D eigenvalue weighted by molar-refractivity contribution is 7.99. The first kappa shape index (κ1) is 28.3. The monoisotopic (exact) mass is 555 g/mol. The van der Waals surface area contributed by atoms with E-state index in [1.54, 1.807) is 4.57 Å². The van der Waals surface area contributed by atoms with Crippen molar-refractivity contribution in [2.24, 2.45) is 0 Å². The highest BCUT2D eigenvalue weighted by Crippen LogP contribution is 2.45. The smallest absolute Gasteiger partial charge is 0.392 e. The molecule has 3 rings (SSSR count). The van der Waals surface area contributed by atoms with Gasteiger partial charge in [0, 0.05) is 11.4 Å². The number of anilines is 1. The van der Waals surface area contributed by atoms with E-state index >= 15 is 0 Å². The van der Waals surface area contributed by atoms with Crippen molar-refractivity contribution in [2.75, 3.05) is 37.6 Å². The summed E-state index contributed by atoms with van der Waals surface area (Å²) in [6.07, 6.45) is -10.7. The van der Waals surface area contributed by atoms with Gasteiger partial charge in [-0.15, -0.1) is 0 Å². The van der Waals surface area contributed by atoms with Crippen LogP contribution in [-0.4, -0.2) is 63.8 Å². The highest BCUT2D eigenvalue weighted by atomic mass is 32.2. The molecule has 0 aliphatic rings. The van der Waals surface area contributed by atoms with E-state index in [1.807, 2.05) is 31.2 Å². The number of aromatic nitrogens is 4. The predicted molar refractivity (Wildman–Crippen MR) is 126 cm³/mol. The number of rotatable bonds is 12. The summed E-state index contributed by atoms with van der Waals surface area (Å²) >= 11 is 1.32. The van der Waals surface area contributed by atoms with E-state index in [2.05, 4.69) is 15.0 Å². The van der Waals surface area contributed by atoms with Crippen molar-refractivity contribution in [1.29, 1.82) is 0 Å². The van der Waals surface area contributed by atoms with Crippen molar-refractivity contribution >= 4 is 36.8 Å². The highest BCUT2D eigenvalue weighted by Gasteiger charge is 2.38. The molecule has 0 saturated carbocycles. The Kier molecular flexibility index (Phi) is 9.65. The molecule has 0 spiro atoms. The van der Waals surface area contributed by atoms with Crippen molar-refractivity contribution < 1.29 is 35.8 Å². The number of nitrogens with two attached hydrogens (primary N) is 1. The van der Waals surface area contributed by atoms with Crippen LogP contribution >= 0.6 is 19.7 Å². The van der Waals surface area contributed by atoms with Crippen molar-refractivity contribution in [3.63, 3.8) is 0 Å². The lowest BCUT2D eigenvalue weighted by Gasteiger charge is -2.20. The zero-order valence-electron chi connectivity index (χ0n) is 19.1. The minimum absolute atomic E-state index is 0.00515. The second kappa shape index (κ2) is 12.3. The maximum atomic E-state index is 12.6. The zero-order chi connectivity index (χ0) is 26.3. The number of ether oxygens (including phenoxy) is 2. The quantitative estimate of drug-likeness (QED) is 0.128. The standard InChI is InChI=1S/C21H24F6N5O2PS/c1-2-8-34-14-3-5-15(6-4-14)36-18-16-17(30-19(28)31-18)32(12-29-16)7-9-33-13-35(10-20(22,23)24)11-21(25,26)27/h3-6,12H,2,7-11,13H2,1H3,(H2,28,30,31). The largest absolute Gasteiger partial charge is 0.494 e. The van der Waals surface area contributed by atoms with E-state index in [1.165, 1.54) is 18.1 Å². The number of alkyl halides is 6. The van der Waals surface area contributed by atoms with E-state index in [0.29, 0.717) is 22.8 Å². The molecule has 15 heteroatoms. The Morgan fingerprint density at radius 1 is 1.00 bits per heavy atom. The molecule has 0 saturated heterocycles. The van der Waals surface area contributed by atoms with Gasteiger partial charge in [0.1, 0.15) is 16.3 Å². The van der Waals surface area contributed by atoms with Crippen LogP contribution in [-0.2, 0) is 11.3 Å². The Morgan fingerprint density at radius 3 is 2.28 bits per heavy atom. The predicted octanol–water partition coefficient (Wildman–Crippen LogP) is 5.93. The van der Waals surface area contributed by atoms with Gasteiger partial charge in [0.15, 0.2) is 5.65 Å². The van der Waals surface area contributed by atoms with Gasteiger partial charge < -0.3 is 19.8 Å². The Morgan fingerprint density at radius 2 is 1.67 bits per heavy atom. The maximum Gasteiger partial charge on any atom is 0.392 e. The molecule has 0 radical (unpaired) electrons. The van der Waals surface area contributed by atoms with Crippen LogP contribution in [0.5, 0.6) is 5.75 Å². The number of hydrogen-bond acceptors (Lipinski definition) is 7. The second-order valence-electron chi connectivity index (χ2n) is 7.67. The van der Waals surface area contributed by atoms with Crippen LogP contribution < -0.4 is 10.5 Å². The molecule has 2 aromatic heterocycles. The van der Waals surface area contributed by atoms with Crippen LogP contribution in [0.15, 0.2) is 40.5 Å². The van der Waals surface area contributed by atoms with E-state index in [9.17, 15) is 26.3 Å². The molecule has 0 amide bonds. The fourth-order valence-corrected chi connectivity index (χ4v) is 5.69. The Bertz CT molecular complexity index is 1110. The first-order valence-corrected chi connectivity index (χ1v) is 13.5. The Hall–Kier alpha value is -2.31. The Balaban J connectivity index is 1.64. The van der Waals surface area contributed by atoms with Gasteiger partial charge >= 0.3 is 12.4 Å². The van der Waals surface area contributed by atoms with Crippen molar-refractivity contribution in [3.05, 3.63) is 30.6 Å². The summed E-state index contributed by atoms with van der Waals surface area (Å²) in [5, 5.41) is 0.498. The minimum atomic E-state index is -4.69. The molecule has 2 heterocycles. The van der Waals surface area contributed by atoms with E-state index in [0.717, 1.165) is 17.1 Å². The molecule has 0 fully saturated rings. The van der Waals surface area contributed by atoms with Gasteiger partial charge in [-0.25, -0.2) is 9.97 Å². The number of halogens is 6. The summed E-state index contributed by atoms with van der Waals surface area (Å²) < 4.78 is 88.1. The number of imidazole rings is 1. The van der Waals surface area contributed by atoms with E-state index in [-0.39, 0.29) is 19.1 Å². The first-order chi connectivity index (χ1) is 16.9. The average Bonchev–Trinajstić information content (AvgIpc) is 3.17. The van der Waals surface area contributed by atoms with Crippen molar-refractivity contribution in [3.8, 4) is 5.75 Å². The lowest BCUT2D eigenvalue weighted by Crippen LogP contribution is -2.22. The third kappa shape index (κ3) is 8.97. The zero-order valence-corrected chi connectivity index (χ0v) is 20.9. The normalized spacial score (nSPS) is 12.6. The SMILES string of the molecule is CCCOc1ccc(Sc2nc(N)nc3c2ncn3CCOCP(CC(F)(F)F)CC(F)(F)F)cc1. The lowest BCUT2D eigenvalue weighted by atomic mass is 10.3. The van der Waals surface area contributed by atoms with Gasteiger partial charge in [0.05, 0.1) is 38.2 Å². The molecule has 3 aromatic rings. The number of nitrogen functional groups attached to an aromatic ring is 1. The van der Waals surface area contributed by atoms with Gasteiger partial charge in [0.2, 0.25) is 5.95 Å². The van der Waals surface area contributed by atoms with Crippen LogP contribution in [0, 0.1) is 0 Å². The lowest BCUT2D eigenvalue weighted by molar-refractivity contribution is -0.112. The van der Waals surface area contributed by atoms with Gasteiger partial charge in [-0.05, 0) is 30.7 Å². The third-order valence-corrected chi connectivity index (χ3v) is 7.66. The summed E-state index contributed by atoms with van der Waals surface area (Å²) in [7, 11) is -2.44. The van der Waals surface area contributed by atoms with Gasteiger partial charge in [0.25, 0.3) is 0 Å². The average molecular weight is 555 g/mol. The molecule has 0 aliphatic heterocycles. The maximum absolute atomic E-state index is 12.6. The van der Waals surface area contributed by atoms with Crippen LogP contribution in [0.1, 0.15) is 13.3 Å². The molecule has 0 unspecified atom stereocenters. The summed E-state index contributed by atoms with van der Waals surface area (Å²) in [5.41, 5.74) is 6.69. The van der Waals surface area contributed by atoms with Gasteiger partial charge in [-0.3, -0.25) is 0 Å². The second-order valence-corrected chi connectivity index (χ2v) is 11.0. The molecule has 7 nitrogen and oxygen atoms in total. The van der Waals surface area contributed by atoms with E-state index in [4.69, 9.17) is 15.2 Å². The topological polar surface area (TPSA) is 88.1 Å². The number of benzene rings is 1. The van der Waals surface area contributed by atoms with Crippen LogP contribution in [0.2, 0.25) is 0 Å². The summed E-state index contributed by atoms with van der Waals surface area (Å²) in [4.78, 5) is 13.6. The molecular weight excluding hydrogens is 531 g/mol. The number of hydrogen-bond donors (Lipinski definition) is 1. The van der Waals surface area contributed by atoms with Crippen molar-refractivity contribution in [2.45, 2.75) is 42.2 Å². The fraction of sp³-hybridized carbons (Fsp3) is 0.476. The summed E-state index contributed by atoms with van der Waals surface area (Å²) in [6.45, 7) is 2.62. The molecule has 2 N–H and O–H groups in total. The van der Waals surface area contributed by atoms with Crippen molar-refractivity contribution in [1.82, 2.24) is 19.5 Å². The summed E-state index contributed by atoms with van der Waals surface area (Å²) in [6, 6.07) is 7.40. The Labute approximate surface area is 208 Å². The van der Waals surface area contributed by atoms with Gasteiger partial charge in [-0.2, -0.15) is 31.3 Å². The molecule has 36 heavy (non-hydrogen) atoms. The van der Waals surface area contributed by atoms with Crippen LogP contribution in [0.4, 0.5) is 32.3 Å².